The Bertz CT molecular complexity index is 689. The highest BCUT2D eigenvalue weighted by Crippen LogP contribution is 2.50. The maximum atomic E-state index is 12.3. The Labute approximate surface area is 155 Å². The number of epoxide rings is 1. The van der Waals surface area contributed by atoms with Crippen LogP contribution < -0.4 is 0 Å². The summed E-state index contributed by atoms with van der Waals surface area (Å²) in [5, 5.41) is 0. The molecule has 3 aliphatic rings. The van der Waals surface area contributed by atoms with E-state index in [0.29, 0.717) is 12.0 Å². The highest BCUT2D eigenvalue weighted by molar-refractivity contribution is 5.91. The number of ether oxygens (including phenoxy) is 3. The summed E-state index contributed by atoms with van der Waals surface area (Å²) >= 11 is 0. The molecule has 0 spiro atoms. The number of esters is 2. The average molecular weight is 360 g/mol. The SMILES string of the molecule is C=C1C(=O)O[C@H]2[C@H]1C[C@H](OC(=O)C/C(C)=C/C)/C(C)=C/CC[C@@]1(C)O[C@@H]21. The van der Waals surface area contributed by atoms with E-state index in [1.165, 1.54) is 0 Å². The average Bonchev–Trinajstić information content (AvgIpc) is 3.17. The summed E-state index contributed by atoms with van der Waals surface area (Å²) in [5.74, 6) is -0.819. The molecule has 2 fully saturated rings. The lowest BCUT2D eigenvalue weighted by molar-refractivity contribution is -0.148. The molecular formula is C21H28O5. The highest BCUT2D eigenvalue weighted by atomic mass is 16.6. The number of fused-ring (bicyclic) bond motifs is 3. The Morgan fingerprint density at radius 3 is 2.92 bits per heavy atom. The van der Waals surface area contributed by atoms with Gasteiger partial charge in [-0.3, -0.25) is 4.79 Å². The third kappa shape index (κ3) is 3.63. The van der Waals surface area contributed by atoms with E-state index in [9.17, 15) is 9.59 Å². The summed E-state index contributed by atoms with van der Waals surface area (Å²) in [7, 11) is 0. The minimum absolute atomic E-state index is 0.107. The van der Waals surface area contributed by atoms with Gasteiger partial charge in [0.2, 0.25) is 0 Å². The van der Waals surface area contributed by atoms with Crippen LogP contribution in [0.5, 0.6) is 0 Å². The molecule has 3 rings (SSSR count). The van der Waals surface area contributed by atoms with Gasteiger partial charge in [-0.05, 0) is 52.5 Å². The molecule has 0 aromatic rings. The van der Waals surface area contributed by atoms with Gasteiger partial charge < -0.3 is 14.2 Å². The predicted molar refractivity (Wildman–Crippen MR) is 97.3 cm³/mol. The number of rotatable bonds is 3. The highest BCUT2D eigenvalue weighted by Gasteiger charge is 2.61. The van der Waals surface area contributed by atoms with Gasteiger partial charge in [-0.1, -0.05) is 24.3 Å². The number of hydrogen-bond acceptors (Lipinski definition) is 5. The number of allylic oxidation sites excluding steroid dienone is 2. The first-order valence-corrected chi connectivity index (χ1v) is 9.30. The molecule has 5 atom stereocenters. The van der Waals surface area contributed by atoms with Gasteiger partial charge in [-0.25, -0.2) is 4.79 Å². The molecular weight excluding hydrogens is 332 g/mol. The summed E-state index contributed by atoms with van der Waals surface area (Å²) in [6.07, 6.45) is 5.65. The summed E-state index contributed by atoms with van der Waals surface area (Å²) in [6.45, 7) is 11.8. The molecule has 0 aromatic heterocycles. The second-order valence-electron chi connectivity index (χ2n) is 7.87. The summed E-state index contributed by atoms with van der Waals surface area (Å²) < 4.78 is 17.2. The van der Waals surface area contributed by atoms with Crippen LogP contribution in [-0.2, 0) is 23.8 Å². The molecule has 2 heterocycles. The third-order valence-electron chi connectivity index (χ3n) is 5.86. The third-order valence-corrected chi connectivity index (χ3v) is 5.86. The summed E-state index contributed by atoms with van der Waals surface area (Å²) in [6, 6.07) is 0. The fourth-order valence-corrected chi connectivity index (χ4v) is 3.86. The maximum absolute atomic E-state index is 12.3. The largest absolute Gasteiger partial charge is 0.458 e. The Kier molecular flexibility index (Phi) is 5.11. The van der Waals surface area contributed by atoms with E-state index in [-0.39, 0.29) is 48.2 Å². The van der Waals surface area contributed by atoms with Gasteiger partial charge in [0.1, 0.15) is 18.3 Å². The molecule has 0 unspecified atom stereocenters. The van der Waals surface area contributed by atoms with Crippen molar-refractivity contribution in [2.75, 3.05) is 0 Å². The van der Waals surface area contributed by atoms with Crippen molar-refractivity contribution in [1.82, 2.24) is 0 Å². The van der Waals surface area contributed by atoms with Crippen molar-refractivity contribution in [3.8, 4) is 0 Å². The van der Waals surface area contributed by atoms with E-state index in [0.717, 1.165) is 24.0 Å². The van der Waals surface area contributed by atoms with Crippen molar-refractivity contribution < 1.29 is 23.8 Å². The number of carbonyl (C=O) groups is 2. The minimum atomic E-state index is -0.381. The van der Waals surface area contributed by atoms with Gasteiger partial charge in [0.05, 0.1) is 12.0 Å². The molecule has 2 saturated heterocycles. The van der Waals surface area contributed by atoms with Crippen LogP contribution in [0.2, 0.25) is 0 Å². The standard InChI is InChI=1S/C21H28O5/c1-6-12(2)10-17(22)24-16-11-15-14(4)20(23)25-18(15)19-21(5,26-19)9-7-8-13(16)3/h6,8,15-16,18-19H,4,7,9-11H2,1-3,5H3/b12-6+,13-8+/t15-,16-,18-,19-,21+/m0/s1. The summed E-state index contributed by atoms with van der Waals surface area (Å²) in [4.78, 5) is 24.4. The van der Waals surface area contributed by atoms with Crippen molar-refractivity contribution in [1.29, 1.82) is 0 Å². The summed E-state index contributed by atoms with van der Waals surface area (Å²) in [5.41, 5.74) is 2.18. The molecule has 0 aromatic carbocycles. The molecule has 142 valence electrons. The fourth-order valence-electron chi connectivity index (χ4n) is 3.86. The minimum Gasteiger partial charge on any atom is -0.458 e. The molecule has 0 saturated carbocycles. The Hall–Kier alpha value is -1.88. The van der Waals surface area contributed by atoms with Crippen molar-refractivity contribution in [3.05, 3.63) is 35.5 Å². The second kappa shape index (κ2) is 7.03. The molecule has 5 nitrogen and oxygen atoms in total. The first kappa shape index (κ1) is 18.9. The van der Waals surface area contributed by atoms with E-state index in [4.69, 9.17) is 14.2 Å². The number of hydrogen-bond donors (Lipinski definition) is 0. The normalized spacial score (nSPS) is 39.2. The van der Waals surface area contributed by atoms with Crippen LogP contribution in [0.25, 0.3) is 0 Å². The molecule has 0 amide bonds. The van der Waals surface area contributed by atoms with E-state index in [1.54, 1.807) is 0 Å². The lowest BCUT2D eigenvalue weighted by Crippen LogP contribution is -2.33. The second-order valence-corrected chi connectivity index (χ2v) is 7.87. The van der Waals surface area contributed by atoms with E-state index >= 15 is 0 Å². The zero-order valence-corrected chi connectivity index (χ0v) is 16.0. The van der Waals surface area contributed by atoms with Gasteiger partial charge in [0.15, 0.2) is 0 Å². The van der Waals surface area contributed by atoms with Gasteiger partial charge in [0.25, 0.3) is 0 Å². The van der Waals surface area contributed by atoms with Crippen LogP contribution >= 0.6 is 0 Å². The molecule has 26 heavy (non-hydrogen) atoms. The molecule has 1 aliphatic carbocycles. The molecule has 2 aliphatic heterocycles. The molecule has 0 bridgehead atoms. The maximum Gasteiger partial charge on any atom is 0.334 e. The zero-order chi connectivity index (χ0) is 19.1. The fraction of sp³-hybridized carbons (Fsp3) is 0.619. The molecule has 5 heteroatoms. The van der Waals surface area contributed by atoms with Gasteiger partial charge in [-0.2, -0.15) is 0 Å². The zero-order valence-electron chi connectivity index (χ0n) is 16.0. The smallest absolute Gasteiger partial charge is 0.334 e. The van der Waals surface area contributed by atoms with Gasteiger partial charge >= 0.3 is 11.9 Å². The van der Waals surface area contributed by atoms with E-state index in [1.807, 2.05) is 26.8 Å². The van der Waals surface area contributed by atoms with Crippen LogP contribution in [0, 0.1) is 5.92 Å². The first-order valence-electron chi connectivity index (χ1n) is 9.30. The van der Waals surface area contributed by atoms with Gasteiger partial charge in [0, 0.05) is 11.5 Å². The topological polar surface area (TPSA) is 65.1 Å². The quantitative estimate of drug-likeness (QED) is 0.333. The van der Waals surface area contributed by atoms with Gasteiger partial charge in [-0.15, -0.1) is 0 Å². The van der Waals surface area contributed by atoms with Crippen LogP contribution in [0.4, 0.5) is 0 Å². The Balaban J connectivity index is 1.82. The Morgan fingerprint density at radius 1 is 1.50 bits per heavy atom. The van der Waals surface area contributed by atoms with Crippen LogP contribution in [-0.4, -0.2) is 35.9 Å². The van der Waals surface area contributed by atoms with Crippen molar-refractivity contribution >= 4 is 11.9 Å². The van der Waals surface area contributed by atoms with Crippen LogP contribution in [0.15, 0.2) is 35.5 Å². The number of carbonyl (C=O) groups excluding carboxylic acids is 2. The van der Waals surface area contributed by atoms with Crippen LogP contribution in [0.3, 0.4) is 0 Å². The molecule has 0 N–H and O–H groups in total. The van der Waals surface area contributed by atoms with E-state index in [2.05, 4.69) is 19.6 Å². The van der Waals surface area contributed by atoms with Crippen molar-refractivity contribution in [2.45, 2.75) is 77.3 Å². The van der Waals surface area contributed by atoms with Crippen molar-refractivity contribution in [3.63, 3.8) is 0 Å². The van der Waals surface area contributed by atoms with E-state index < -0.39 is 0 Å². The van der Waals surface area contributed by atoms with Crippen LogP contribution in [0.1, 0.15) is 53.4 Å². The Morgan fingerprint density at radius 2 is 2.23 bits per heavy atom. The predicted octanol–water partition coefficient (Wildman–Crippen LogP) is 3.64. The molecule has 0 radical (unpaired) electrons. The van der Waals surface area contributed by atoms with Crippen molar-refractivity contribution in [2.24, 2.45) is 5.92 Å². The monoisotopic (exact) mass is 360 g/mol. The lowest BCUT2D eigenvalue weighted by atomic mass is 9.83. The lowest BCUT2D eigenvalue weighted by Gasteiger charge is -2.25. The first-order chi connectivity index (χ1) is 12.2.